The molecule has 1 aliphatic heterocycles. The van der Waals surface area contributed by atoms with Gasteiger partial charge in [-0.25, -0.2) is 4.79 Å². The number of hydrogen-bond acceptors (Lipinski definition) is 4. The van der Waals surface area contributed by atoms with Gasteiger partial charge >= 0.3 is 5.97 Å². The summed E-state index contributed by atoms with van der Waals surface area (Å²) in [4.78, 5) is 27.5. The van der Waals surface area contributed by atoms with Gasteiger partial charge in [0.05, 0.1) is 20.1 Å². The van der Waals surface area contributed by atoms with Crippen molar-refractivity contribution < 1.29 is 19.1 Å². The molecule has 1 aliphatic rings. The Morgan fingerprint density at radius 3 is 2.19 bits per heavy atom. The lowest BCUT2D eigenvalue weighted by atomic mass is 9.94. The highest BCUT2D eigenvalue weighted by atomic mass is 35.5. The molecule has 0 spiro atoms. The minimum Gasteiger partial charge on any atom is -0.467 e. The highest BCUT2D eigenvalue weighted by molar-refractivity contribution is 6.31. The van der Waals surface area contributed by atoms with E-state index in [1.807, 2.05) is 0 Å². The van der Waals surface area contributed by atoms with Crippen LogP contribution in [0.4, 0.5) is 5.69 Å². The van der Waals surface area contributed by atoms with Crippen LogP contribution in [0, 0.1) is 0 Å². The summed E-state index contributed by atoms with van der Waals surface area (Å²) in [6.07, 6.45) is 0.465. The molecule has 1 unspecified atom stereocenters. The first-order chi connectivity index (χ1) is 13.0. The fraction of sp³-hybridized carbons (Fsp3) is 0.300. The Morgan fingerprint density at radius 1 is 1.07 bits per heavy atom. The highest BCUT2D eigenvalue weighted by Gasteiger charge is 2.51. The number of carbonyl (C=O) groups is 2. The van der Waals surface area contributed by atoms with Crippen molar-refractivity contribution in [1.29, 1.82) is 0 Å². The number of halogens is 2. The fourth-order valence-electron chi connectivity index (χ4n) is 3.25. The van der Waals surface area contributed by atoms with Gasteiger partial charge in [0.15, 0.2) is 5.54 Å². The molecule has 0 aromatic heterocycles. The summed E-state index contributed by atoms with van der Waals surface area (Å²) in [5, 5.41) is 1.13. The van der Waals surface area contributed by atoms with Crippen LogP contribution in [-0.2, 0) is 25.5 Å². The Morgan fingerprint density at radius 2 is 1.67 bits per heavy atom. The lowest BCUT2D eigenvalue weighted by Crippen LogP contribution is -2.59. The van der Waals surface area contributed by atoms with Crippen LogP contribution in [-0.4, -0.2) is 37.7 Å². The lowest BCUT2D eigenvalue weighted by Gasteiger charge is -2.37. The van der Waals surface area contributed by atoms with Gasteiger partial charge in [-0.2, -0.15) is 0 Å². The Hall–Kier alpha value is -2.08. The molecule has 7 heteroatoms. The van der Waals surface area contributed by atoms with Crippen LogP contribution in [0.15, 0.2) is 48.5 Å². The molecule has 1 amide bonds. The van der Waals surface area contributed by atoms with Gasteiger partial charge in [-0.15, -0.1) is 0 Å². The minimum absolute atomic E-state index is 0.0780. The summed E-state index contributed by atoms with van der Waals surface area (Å²) in [5.74, 6) is -0.741. The molecule has 1 saturated heterocycles. The fourth-order valence-corrected chi connectivity index (χ4v) is 3.50. The number of carbonyl (C=O) groups excluding carboxylic acids is 2. The summed E-state index contributed by atoms with van der Waals surface area (Å²) < 4.78 is 10.5. The SMILES string of the molecule is COC(=O)C1(N(C(=O)Cc2ccc(Cl)cc2)c2ccc(Cl)cc2)CCOC1. The van der Waals surface area contributed by atoms with Crippen molar-refractivity contribution in [2.45, 2.75) is 18.4 Å². The van der Waals surface area contributed by atoms with Crippen molar-refractivity contribution in [3.63, 3.8) is 0 Å². The second-order valence-corrected chi connectivity index (χ2v) is 7.21. The third kappa shape index (κ3) is 4.10. The first kappa shape index (κ1) is 19.7. The maximum absolute atomic E-state index is 13.3. The number of benzene rings is 2. The van der Waals surface area contributed by atoms with Gasteiger partial charge in [-0.1, -0.05) is 35.3 Å². The van der Waals surface area contributed by atoms with E-state index in [1.54, 1.807) is 48.5 Å². The van der Waals surface area contributed by atoms with Crippen molar-refractivity contribution in [2.75, 3.05) is 25.2 Å². The lowest BCUT2D eigenvalue weighted by molar-refractivity contribution is -0.148. The van der Waals surface area contributed by atoms with E-state index in [-0.39, 0.29) is 18.9 Å². The van der Waals surface area contributed by atoms with Gasteiger partial charge in [0.1, 0.15) is 0 Å². The molecule has 0 saturated carbocycles. The standard InChI is InChI=1S/C20H19Cl2NO4/c1-26-19(25)20(10-11-27-13-20)23(17-8-6-16(22)7-9-17)18(24)12-14-2-4-15(21)5-3-14/h2-9H,10-13H2,1H3. The number of methoxy groups -OCH3 is 1. The summed E-state index contributed by atoms with van der Waals surface area (Å²) in [5.41, 5.74) is 0.156. The predicted molar refractivity (Wildman–Crippen MR) is 104 cm³/mol. The first-order valence-corrected chi connectivity index (χ1v) is 9.21. The third-order valence-corrected chi connectivity index (χ3v) is 5.10. The normalized spacial score (nSPS) is 18.9. The molecule has 0 N–H and O–H groups in total. The number of hydrogen-bond donors (Lipinski definition) is 0. The smallest absolute Gasteiger partial charge is 0.334 e. The third-order valence-electron chi connectivity index (χ3n) is 4.60. The number of anilines is 1. The van der Waals surface area contributed by atoms with E-state index < -0.39 is 11.5 Å². The van der Waals surface area contributed by atoms with E-state index in [1.165, 1.54) is 12.0 Å². The number of amides is 1. The molecule has 0 aliphatic carbocycles. The Balaban J connectivity index is 2.01. The van der Waals surface area contributed by atoms with Crippen LogP contribution < -0.4 is 4.90 Å². The van der Waals surface area contributed by atoms with Gasteiger partial charge in [-0.05, 0) is 42.0 Å². The van der Waals surface area contributed by atoms with E-state index in [4.69, 9.17) is 32.7 Å². The van der Waals surface area contributed by atoms with Crippen LogP contribution >= 0.6 is 23.2 Å². The molecule has 3 rings (SSSR count). The summed E-state index contributed by atoms with van der Waals surface area (Å²) >= 11 is 11.9. The maximum Gasteiger partial charge on any atom is 0.334 e. The van der Waals surface area contributed by atoms with E-state index in [2.05, 4.69) is 0 Å². The van der Waals surface area contributed by atoms with Crippen molar-refractivity contribution in [3.8, 4) is 0 Å². The quantitative estimate of drug-likeness (QED) is 0.705. The Kier molecular flexibility index (Phi) is 6.05. The molecule has 1 heterocycles. The Labute approximate surface area is 167 Å². The Bertz CT molecular complexity index is 815. The molecule has 142 valence electrons. The molecule has 0 bridgehead atoms. The highest BCUT2D eigenvalue weighted by Crippen LogP contribution is 2.34. The van der Waals surface area contributed by atoms with Crippen LogP contribution in [0.2, 0.25) is 10.0 Å². The average molecular weight is 408 g/mol. The zero-order chi connectivity index (χ0) is 19.4. The van der Waals surface area contributed by atoms with Crippen LogP contribution in [0.25, 0.3) is 0 Å². The van der Waals surface area contributed by atoms with Crippen LogP contribution in [0.3, 0.4) is 0 Å². The van der Waals surface area contributed by atoms with Crippen molar-refractivity contribution in [3.05, 3.63) is 64.1 Å². The number of esters is 1. The molecule has 5 nitrogen and oxygen atoms in total. The van der Waals surface area contributed by atoms with Crippen molar-refractivity contribution in [2.24, 2.45) is 0 Å². The maximum atomic E-state index is 13.3. The van der Waals surface area contributed by atoms with Crippen LogP contribution in [0.1, 0.15) is 12.0 Å². The van der Waals surface area contributed by atoms with Crippen LogP contribution in [0.5, 0.6) is 0 Å². The van der Waals surface area contributed by atoms with Gasteiger partial charge in [0.2, 0.25) is 5.91 Å². The molecule has 2 aromatic rings. The monoisotopic (exact) mass is 407 g/mol. The molecular formula is C20H19Cl2NO4. The molecule has 0 radical (unpaired) electrons. The molecule has 1 fully saturated rings. The van der Waals surface area contributed by atoms with Crippen molar-refractivity contribution in [1.82, 2.24) is 0 Å². The molecule has 2 aromatic carbocycles. The number of nitrogens with zero attached hydrogens (tertiary/aromatic N) is 1. The molecular weight excluding hydrogens is 389 g/mol. The number of rotatable bonds is 5. The summed E-state index contributed by atoms with van der Waals surface area (Å²) in [6, 6.07) is 13.8. The average Bonchev–Trinajstić information content (AvgIpc) is 3.15. The van der Waals surface area contributed by atoms with E-state index >= 15 is 0 Å². The number of ether oxygens (including phenoxy) is 2. The zero-order valence-corrected chi connectivity index (χ0v) is 16.3. The first-order valence-electron chi connectivity index (χ1n) is 8.45. The van der Waals surface area contributed by atoms with Gasteiger partial charge in [0.25, 0.3) is 0 Å². The van der Waals surface area contributed by atoms with E-state index in [9.17, 15) is 9.59 Å². The minimum atomic E-state index is -1.20. The largest absolute Gasteiger partial charge is 0.467 e. The second-order valence-electron chi connectivity index (χ2n) is 6.33. The summed E-state index contributed by atoms with van der Waals surface area (Å²) in [7, 11) is 1.31. The van der Waals surface area contributed by atoms with Gasteiger partial charge in [0, 0.05) is 28.8 Å². The van der Waals surface area contributed by atoms with E-state index in [0.29, 0.717) is 28.8 Å². The predicted octanol–water partition coefficient (Wildman–Crippen LogP) is 3.90. The molecule has 1 atom stereocenters. The van der Waals surface area contributed by atoms with E-state index in [0.717, 1.165) is 5.56 Å². The summed E-state index contributed by atoms with van der Waals surface area (Å²) in [6.45, 7) is 0.447. The van der Waals surface area contributed by atoms with Gasteiger partial charge in [-0.3, -0.25) is 9.69 Å². The topological polar surface area (TPSA) is 55.8 Å². The van der Waals surface area contributed by atoms with Gasteiger partial charge < -0.3 is 9.47 Å². The van der Waals surface area contributed by atoms with Crippen molar-refractivity contribution >= 4 is 40.8 Å². The molecule has 27 heavy (non-hydrogen) atoms. The second kappa shape index (κ2) is 8.30. The zero-order valence-electron chi connectivity index (χ0n) is 14.8.